The van der Waals surface area contributed by atoms with Gasteiger partial charge in [-0.3, -0.25) is 10.3 Å². The van der Waals surface area contributed by atoms with Gasteiger partial charge in [-0.15, -0.1) is 0 Å². The number of piperidine rings is 1. The van der Waals surface area contributed by atoms with Gasteiger partial charge in [0.15, 0.2) is 0 Å². The molecule has 0 bridgehead atoms. The molecule has 1 fully saturated rings. The van der Waals surface area contributed by atoms with E-state index in [0.717, 1.165) is 19.0 Å². The Morgan fingerprint density at radius 3 is 2.29 bits per heavy atom. The van der Waals surface area contributed by atoms with E-state index in [2.05, 4.69) is 49.9 Å². The van der Waals surface area contributed by atoms with Crippen LogP contribution in [0.15, 0.2) is 30.3 Å². The van der Waals surface area contributed by atoms with Gasteiger partial charge in [0.2, 0.25) is 0 Å². The van der Waals surface area contributed by atoms with E-state index >= 15 is 0 Å². The van der Waals surface area contributed by atoms with Crippen LogP contribution in [-0.2, 0) is 0 Å². The SMILES string of the molecule is CC(C)(C)C1CCN(C(CC(=N)N)c2ccccc2)CC1. The fourth-order valence-electron chi connectivity index (χ4n) is 3.42. The topological polar surface area (TPSA) is 53.1 Å². The Bertz CT molecular complexity index is 453. The predicted molar refractivity (Wildman–Crippen MR) is 89.5 cm³/mol. The summed E-state index contributed by atoms with van der Waals surface area (Å²) in [4.78, 5) is 2.51. The van der Waals surface area contributed by atoms with Crippen LogP contribution in [0.1, 0.15) is 51.6 Å². The molecule has 3 N–H and O–H groups in total. The van der Waals surface area contributed by atoms with E-state index in [-0.39, 0.29) is 11.9 Å². The molecule has 0 spiro atoms. The molecule has 1 aliphatic heterocycles. The lowest BCUT2D eigenvalue weighted by Gasteiger charge is -2.42. The molecule has 3 nitrogen and oxygen atoms in total. The predicted octanol–water partition coefficient (Wildman–Crippen LogP) is 3.81. The fourth-order valence-corrected chi connectivity index (χ4v) is 3.42. The van der Waals surface area contributed by atoms with Crippen molar-refractivity contribution in [3.63, 3.8) is 0 Å². The van der Waals surface area contributed by atoms with E-state index in [1.54, 1.807) is 0 Å². The van der Waals surface area contributed by atoms with E-state index < -0.39 is 0 Å². The Hall–Kier alpha value is -1.35. The van der Waals surface area contributed by atoms with Crippen molar-refractivity contribution in [1.29, 1.82) is 5.41 Å². The normalized spacial score (nSPS) is 19.4. The van der Waals surface area contributed by atoms with Crippen molar-refractivity contribution in [3.8, 4) is 0 Å². The third-order valence-electron chi connectivity index (χ3n) is 4.79. The van der Waals surface area contributed by atoms with E-state index in [1.165, 1.54) is 18.4 Å². The molecule has 0 radical (unpaired) electrons. The minimum atomic E-state index is 0.254. The lowest BCUT2D eigenvalue weighted by molar-refractivity contribution is 0.0841. The average Bonchev–Trinajstić information content (AvgIpc) is 2.45. The largest absolute Gasteiger partial charge is 0.388 e. The summed E-state index contributed by atoms with van der Waals surface area (Å²) in [6.07, 6.45) is 3.11. The molecule has 116 valence electrons. The van der Waals surface area contributed by atoms with Gasteiger partial charge >= 0.3 is 0 Å². The molecular weight excluding hydrogens is 258 g/mol. The quantitative estimate of drug-likeness (QED) is 0.653. The number of benzene rings is 1. The third kappa shape index (κ3) is 4.31. The van der Waals surface area contributed by atoms with Crippen LogP contribution in [0.25, 0.3) is 0 Å². The van der Waals surface area contributed by atoms with Crippen molar-refractivity contribution in [3.05, 3.63) is 35.9 Å². The molecule has 0 aliphatic carbocycles. The maximum atomic E-state index is 7.68. The number of nitrogens with two attached hydrogens (primary N) is 1. The molecule has 0 aromatic heterocycles. The number of amidine groups is 1. The first-order valence-electron chi connectivity index (χ1n) is 8.00. The summed E-state index contributed by atoms with van der Waals surface area (Å²) in [6, 6.07) is 10.8. The Labute approximate surface area is 129 Å². The zero-order valence-electron chi connectivity index (χ0n) is 13.6. The number of hydrogen-bond donors (Lipinski definition) is 2. The lowest BCUT2D eigenvalue weighted by Crippen LogP contribution is -2.41. The van der Waals surface area contributed by atoms with Crippen molar-refractivity contribution < 1.29 is 0 Å². The summed E-state index contributed by atoms with van der Waals surface area (Å²) in [5, 5.41) is 7.68. The van der Waals surface area contributed by atoms with Crippen LogP contribution in [0, 0.1) is 16.7 Å². The van der Waals surface area contributed by atoms with Gasteiger partial charge in [0.1, 0.15) is 0 Å². The first-order valence-corrected chi connectivity index (χ1v) is 8.00. The second-order valence-electron chi connectivity index (χ2n) is 7.33. The molecule has 1 saturated heterocycles. The van der Waals surface area contributed by atoms with Crippen LogP contribution in [0.2, 0.25) is 0 Å². The van der Waals surface area contributed by atoms with Crippen LogP contribution < -0.4 is 5.73 Å². The molecule has 1 aromatic carbocycles. The van der Waals surface area contributed by atoms with Crippen LogP contribution in [0.5, 0.6) is 0 Å². The van der Waals surface area contributed by atoms with Crippen LogP contribution in [-0.4, -0.2) is 23.8 Å². The molecule has 21 heavy (non-hydrogen) atoms. The molecule has 2 rings (SSSR count). The van der Waals surface area contributed by atoms with Crippen LogP contribution in [0.4, 0.5) is 0 Å². The minimum absolute atomic E-state index is 0.254. The standard InChI is InChI=1S/C18H29N3/c1-18(2,3)15-9-11-21(12-10-15)16(13-17(19)20)14-7-5-4-6-8-14/h4-8,15-16H,9-13H2,1-3H3,(H3,19,20). The van der Waals surface area contributed by atoms with Crippen LogP contribution >= 0.6 is 0 Å². The Kier molecular flexibility index (Phi) is 5.04. The van der Waals surface area contributed by atoms with Gasteiger partial charge in [0, 0.05) is 12.5 Å². The highest BCUT2D eigenvalue weighted by molar-refractivity contribution is 5.77. The summed E-state index contributed by atoms with van der Waals surface area (Å²) in [5.41, 5.74) is 7.37. The summed E-state index contributed by atoms with van der Waals surface area (Å²) in [6.45, 7) is 9.25. The van der Waals surface area contributed by atoms with Crippen molar-refractivity contribution >= 4 is 5.84 Å². The van der Waals surface area contributed by atoms with Gasteiger partial charge in [-0.05, 0) is 42.8 Å². The number of nitrogens with one attached hydrogen (secondary N) is 1. The Morgan fingerprint density at radius 1 is 1.24 bits per heavy atom. The van der Waals surface area contributed by atoms with Crippen molar-refractivity contribution in [2.45, 2.75) is 46.1 Å². The summed E-state index contributed by atoms with van der Waals surface area (Å²) in [5.74, 6) is 1.07. The van der Waals surface area contributed by atoms with E-state index in [0.29, 0.717) is 11.8 Å². The number of rotatable bonds is 4. The van der Waals surface area contributed by atoms with Gasteiger partial charge in [-0.1, -0.05) is 51.1 Å². The van der Waals surface area contributed by atoms with E-state index in [4.69, 9.17) is 11.1 Å². The smallest absolute Gasteiger partial charge is 0.0924 e. The maximum Gasteiger partial charge on any atom is 0.0924 e. The molecule has 1 unspecified atom stereocenters. The highest BCUT2D eigenvalue weighted by Gasteiger charge is 2.31. The Morgan fingerprint density at radius 2 is 1.81 bits per heavy atom. The monoisotopic (exact) mass is 287 g/mol. The molecule has 0 saturated carbocycles. The first kappa shape index (κ1) is 16.0. The van der Waals surface area contributed by atoms with E-state index in [9.17, 15) is 0 Å². The number of nitrogens with zero attached hydrogens (tertiary/aromatic N) is 1. The van der Waals surface area contributed by atoms with Gasteiger partial charge < -0.3 is 5.73 Å². The molecule has 1 atom stereocenters. The lowest BCUT2D eigenvalue weighted by atomic mass is 9.75. The molecule has 3 heteroatoms. The Balaban J connectivity index is 2.08. The second kappa shape index (κ2) is 6.61. The zero-order valence-corrected chi connectivity index (χ0v) is 13.6. The van der Waals surface area contributed by atoms with Crippen LogP contribution in [0.3, 0.4) is 0 Å². The van der Waals surface area contributed by atoms with Gasteiger partial charge in [0.05, 0.1) is 5.84 Å². The highest BCUT2D eigenvalue weighted by atomic mass is 15.2. The van der Waals surface area contributed by atoms with Gasteiger partial charge in [0.25, 0.3) is 0 Å². The third-order valence-corrected chi connectivity index (χ3v) is 4.79. The van der Waals surface area contributed by atoms with Crippen molar-refractivity contribution in [2.24, 2.45) is 17.1 Å². The fraction of sp³-hybridized carbons (Fsp3) is 0.611. The van der Waals surface area contributed by atoms with E-state index in [1.807, 2.05) is 6.07 Å². The molecular formula is C18H29N3. The van der Waals surface area contributed by atoms with Crippen molar-refractivity contribution in [2.75, 3.05) is 13.1 Å². The molecule has 1 heterocycles. The summed E-state index contributed by atoms with van der Waals surface area (Å²) < 4.78 is 0. The van der Waals surface area contributed by atoms with Crippen molar-refractivity contribution in [1.82, 2.24) is 4.90 Å². The molecule has 0 amide bonds. The summed E-state index contributed by atoms with van der Waals surface area (Å²) >= 11 is 0. The second-order valence-corrected chi connectivity index (χ2v) is 7.33. The molecule has 1 aliphatic rings. The van der Waals surface area contributed by atoms with Gasteiger partial charge in [-0.2, -0.15) is 0 Å². The maximum absolute atomic E-state index is 7.68. The van der Waals surface area contributed by atoms with Gasteiger partial charge in [-0.25, -0.2) is 0 Å². The zero-order chi connectivity index (χ0) is 15.5. The first-order chi connectivity index (χ1) is 9.88. The highest BCUT2D eigenvalue weighted by Crippen LogP contribution is 2.37. The minimum Gasteiger partial charge on any atom is -0.388 e. The average molecular weight is 287 g/mol. The summed E-state index contributed by atoms with van der Waals surface area (Å²) in [7, 11) is 0. The number of likely N-dealkylation sites (tertiary alicyclic amines) is 1. The molecule has 1 aromatic rings. The number of hydrogen-bond acceptors (Lipinski definition) is 2.